The van der Waals surface area contributed by atoms with Gasteiger partial charge in [0.05, 0.1) is 11.5 Å². The van der Waals surface area contributed by atoms with Crippen molar-refractivity contribution in [1.82, 2.24) is 4.31 Å². The molecular weight excluding hydrogens is 377 g/mol. The highest BCUT2D eigenvalue weighted by Gasteiger charge is 2.38. The molecule has 0 unspecified atom stereocenters. The zero-order chi connectivity index (χ0) is 19.7. The molecule has 2 aliphatic rings. The van der Waals surface area contributed by atoms with Crippen molar-refractivity contribution in [3.8, 4) is 5.75 Å². The minimum atomic E-state index is -3.75. The van der Waals surface area contributed by atoms with Gasteiger partial charge in [-0.05, 0) is 73.9 Å². The van der Waals surface area contributed by atoms with Gasteiger partial charge in [0.25, 0.3) is 0 Å². The summed E-state index contributed by atoms with van der Waals surface area (Å²) in [6.07, 6.45) is 5.47. The highest BCUT2D eigenvalue weighted by molar-refractivity contribution is 7.89. The van der Waals surface area contributed by atoms with Gasteiger partial charge < -0.3 is 4.74 Å². The van der Waals surface area contributed by atoms with Crippen LogP contribution in [0, 0.1) is 18.7 Å². The van der Waals surface area contributed by atoms with Crippen molar-refractivity contribution in [3.05, 3.63) is 59.4 Å². The first-order chi connectivity index (χ1) is 13.4. The minimum Gasteiger partial charge on any atom is -0.493 e. The maximum atomic E-state index is 13.7. The summed E-state index contributed by atoms with van der Waals surface area (Å²) >= 11 is 0. The number of sulfonamides is 1. The normalized spacial score (nSPS) is 17.5. The van der Waals surface area contributed by atoms with Crippen molar-refractivity contribution in [2.75, 3.05) is 6.61 Å². The SMILES string of the molecule is Cc1ccc(F)cc1S(=O)(=O)N(Cc1ccc(OCC2CCC2)cc1)C1CC1. The van der Waals surface area contributed by atoms with E-state index in [1.165, 1.54) is 35.7 Å². The number of rotatable bonds is 8. The Morgan fingerprint density at radius 3 is 2.39 bits per heavy atom. The quantitative estimate of drug-likeness (QED) is 0.644. The van der Waals surface area contributed by atoms with E-state index in [1.54, 1.807) is 6.92 Å². The Morgan fingerprint density at radius 2 is 1.79 bits per heavy atom. The van der Waals surface area contributed by atoms with Gasteiger partial charge in [0, 0.05) is 12.6 Å². The van der Waals surface area contributed by atoms with Gasteiger partial charge in [0.15, 0.2) is 0 Å². The molecule has 2 aromatic rings. The average molecular weight is 404 g/mol. The third kappa shape index (κ3) is 4.23. The lowest BCUT2D eigenvalue weighted by Crippen LogP contribution is -2.33. The Hall–Kier alpha value is -1.92. The van der Waals surface area contributed by atoms with Crippen LogP contribution in [-0.2, 0) is 16.6 Å². The number of hydrogen-bond donors (Lipinski definition) is 0. The van der Waals surface area contributed by atoms with Gasteiger partial charge in [-0.3, -0.25) is 0 Å². The first-order valence-corrected chi connectivity index (χ1v) is 11.4. The summed E-state index contributed by atoms with van der Waals surface area (Å²) in [6, 6.07) is 11.6. The van der Waals surface area contributed by atoms with E-state index >= 15 is 0 Å². The second-order valence-corrected chi connectivity index (χ2v) is 9.80. The maximum Gasteiger partial charge on any atom is 0.243 e. The molecule has 2 aliphatic carbocycles. The minimum absolute atomic E-state index is 0.0118. The number of hydrogen-bond acceptors (Lipinski definition) is 3. The predicted octanol–water partition coefficient (Wildman–Crippen LogP) is 4.67. The molecule has 0 aliphatic heterocycles. The molecule has 0 aromatic heterocycles. The number of aryl methyl sites for hydroxylation is 1. The van der Waals surface area contributed by atoms with E-state index in [9.17, 15) is 12.8 Å². The Morgan fingerprint density at radius 1 is 1.07 bits per heavy atom. The Bertz CT molecular complexity index is 935. The zero-order valence-electron chi connectivity index (χ0n) is 16.1. The second-order valence-electron chi connectivity index (χ2n) is 7.94. The molecule has 0 saturated heterocycles. The van der Waals surface area contributed by atoms with E-state index in [1.807, 2.05) is 24.3 Å². The van der Waals surface area contributed by atoms with Crippen LogP contribution in [0.2, 0.25) is 0 Å². The molecule has 0 amide bonds. The third-order valence-electron chi connectivity index (χ3n) is 5.66. The summed E-state index contributed by atoms with van der Waals surface area (Å²) in [5, 5.41) is 0. The van der Waals surface area contributed by atoms with Crippen LogP contribution in [0.1, 0.15) is 43.2 Å². The fraction of sp³-hybridized carbons (Fsp3) is 0.455. The monoisotopic (exact) mass is 403 g/mol. The molecule has 2 fully saturated rings. The Kier molecular flexibility index (Phi) is 5.43. The van der Waals surface area contributed by atoms with E-state index in [4.69, 9.17) is 4.74 Å². The van der Waals surface area contributed by atoms with Gasteiger partial charge in [0.2, 0.25) is 10.0 Å². The maximum absolute atomic E-state index is 13.7. The molecule has 28 heavy (non-hydrogen) atoms. The van der Waals surface area contributed by atoms with Crippen LogP contribution >= 0.6 is 0 Å². The molecule has 4 nitrogen and oxygen atoms in total. The fourth-order valence-corrected chi connectivity index (χ4v) is 5.41. The lowest BCUT2D eigenvalue weighted by molar-refractivity contribution is 0.180. The smallest absolute Gasteiger partial charge is 0.243 e. The van der Waals surface area contributed by atoms with Crippen molar-refractivity contribution >= 4 is 10.0 Å². The van der Waals surface area contributed by atoms with Crippen LogP contribution in [0.25, 0.3) is 0 Å². The molecule has 0 bridgehead atoms. The number of ether oxygens (including phenoxy) is 1. The summed E-state index contributed by atoms with van der Waals surface area (Å²) < 4.78 is 47.4. The molecule has 6 heteroatoms. The van der Waals surface area contributed by atoms with Crippen molar-refractivity contribution in [1.29, 1.82) is 0 Å². The zero-order valence-corrected chi connectivity index (χ0v) is 16.9. The summed E-state index contributed by atoms with van der Waals surface area (Å²) in [5.74, 6) is 0.954. The van der Waals surface area contributed by atoms with Crippen LogP contribution in [-0.4, -0.2) is 25.4 Å². The topological polar surface area (TPSA) is 46.6 Å². The van der Waals surface area contributed by atoms with Crippen LogP contribution in [0.4, 0.5) is 4.39 Å². The van der Waals surface area contributed by atoms with Gasteiger partial charge in [-0.25, -0.2) is 12.8 Å². The second kappa shape index (κ2) is 7.84. The molecule has 0 radical (unpaired) electrons. The largest absolute Gasteiger partial charge is 0.493 e. The molecule has 0 N–H and O–H groups in total. The van der Waals surface area contributed by atoms with E-state index in [-0.39, 0.29) is 17.5 Å². The molecule has 150 valence electrons. The van der Waals surface area contributed by atoms with Crippen molar-refractivity contribution < 1.29 is 17.5 Å². The van der Waals surface area contributed by atoms with Crippen molar-refractivity contribution in [3.63, 3.8) is 0 Å². The summed E-state index contributed by atoms with van der Waals surface area (Å²) in [4.78, 5) is 0.0554. The van der Waals surface area contributed by atoms with Gasteiger partial charge in [0.1, 0.15) is 11.6 Å². The van der Waals surface area contributed by atoms with Crippen LogP contribution in [0.5, 0.6) is 5.75 Å². The van der Waals surface area contributed by atoms with Gasteiger partial charge in [-0.2, -0.15) is 4.31 Å². The Labute approximate surface area is 166 Å². The molecule has 2 aromatic carbocycles. The van der Waals surface area contributed by atoms with Crippen molar-refractivity contribution in [2.24, 2.45) is 5.92 Å². The van der Waals surface area contributed by atoms with E-state index in [0.29, 0.717) is 11.5 Å². The Balaban J connectivity index is 1.50. The number of nitrogens with zero attached hydrogens (tertiary/aromatic N) is 1. The molecule has 2 saturated carbocycles. The van der Waals surface area contributed by atoms with E-state index in [0.717, 1.165) is 36.8 Å². The fourth-order valence-electron chi connectivity index (χ4n) is 3.50. The highest BCUT2D eigenvalue weighted by atomic mass is 32.2. The molecule has 0 atom stereocenters. The van der Waals surface area contributed by atoms with E-state index < -0.39 is 15.8 Å². The highest BCUT2D eigenvalue weighted by Crippen LogP contribution is 2.35. The summed E-state index contributed by atoms with van der Waals surface area (Å²) in [7, 11) is -3.75. The molecule has 4 rings (SSSR count). The predicted molar refractivity (Wildman–Crippen MR) is 106 cm³/mol. The molecule has 0 spiro atoms. The van der Waals surface area contributed by atoms with Gasteiger partial charge in [-0.15, -0.1) is 0 Å². The van der Waals surface area contributed by atoms with Crippen LogP contribution in [0.15, 0.2) is 47.4 Å². The average Bonchev–Trinajstić information content (AvgIpc) is 3.46. The number of benzene rings is 2. The third-order valence-corrected chi connectivity index (χ3v) is 7.70. The number of halogens is 1. The van der Waals surface area contributed by atoms with Crippen molar-refractivity contribution in [2.45, 2.75) is 56.5 Å². The molecular formula is C22H26FNO3S. The first kappa shape index (κ1) is 19.4. The lowest BCUT2D eigenvalue weighted by atomic mass is 9.86. The van der Waals surface area contributed by atoms with Gasteiger partial charge >= 0.3 is 0 Å². The summed E-state index contributed by atoms with van der Waals surface area (Å²) in [5.41, 5.74) is 1.47. The van der Waals surface area contributed by atoms with Gasteiger partial charge in [-0.1, -0.05) is 24.6 Å². The molecule has 0 heterocycles. The van der Waals surface area contributed by atoms with E-state index in [2.05, 4.69) is 0 Å². The van der Waals surface area contributed by atoms with Crippen LogP contribution in [0.3, 0.4) is 0 Å². The first-order valence-electron chi connectivity index (χ1n) is 9.93. The summed E-state index contributed by atoms with van der Waals surface area (Å²) in [6.45, 7) is 2.73. The standard InChI is InChI=1S/C22H26FNO3S/c1-16-5-8-19(23)13-22(16)28(25,26)24(20-9-10-20)14-17-6-11-21(12-7-17)27-15-18-3-2-4-18/h5-8,11-13,18,20H,2-4,9-10,14-15H2,1H3. The van der Waals surface area contributed by atoms with Crippen LogP contribution < -0.4 is 4.74 Å². The lowest BCUT2D eigenvalue weighted by Gasteiger charge is -2.25.